The maximum absolute atomic E-state index is 11.8. The molecular weight excluding hydrogens is 304 g/mol. The number of nitrogens with zero attached hydrogens (tertiary/aromatic N) is 1. The average molecular weight is 318 g/mol. The van der Waals surface area contributed by atoms with Crippen LogP contribution in [0.25, 0.3) is 0 Å². The molecule has 0 saturated carbocycles. The molecule has 23 heavy (non-hydrogen) atoms. The number of nitro groups is 1. The molecule has 0 aliphatic rings. The van der Waals surface area contributed by atoms with Crippen LogP contribution in [0, 0.1) is 24.0 Å². The number of hydrogen-bond donors (Lipinski definition) is 1. The number of nitrogens with one attached hydrogen (secondary N) is 1. The van der Waals surface area contributed by atoms with Gasteiger partial charge in [-0.3, -0.25) is 14.9 Å². The second kappa shape index (κ2) is 6.73. The minimum absolute atomic E-state index is 0.0324. The fraction of sp³-hybridized carbons (Fsp3) is 0.200. The van der Waals surface area contributed by atoms with E-state index in [0.717, 1.165) is 11.1 Å². The smallest absolute Gasteiger partial charge is 0.374 e. The standard InChI is InChI=1S/C15H14N2O6/c1-9-6-11(12(17(20)21)7-10(9)2)16-14(18)8-23-15(19)13-4-3-5-22-13/h3-7H,8H2,1-2H3,(H,16,18). The molecule has 0 atom stereocenters. The summed E-state index contributed by atoms with van der Waals surface area (Å²) in [5.41, 5.74) is 1.35. The van der Waals surface area contributed by atoms with E-state index in [4.69, 9.17) is 9.15 Å². The Morgan fingerprint density at radius 3 is 2.61 bits per heavy atom. The molecule has 0 fully saturated rings. The van der Waals surface area contributed by atoms with Gasteiger partial charge in [-0.05, 0) is 43.2 Å². The SMILES string of the molecule is Cc1cc(NC(=O)COC(=O)c2ccco2)c([N+](=O)[O-])cc1C. The lowest BCUT2D eigenvalue weighted by Crippen LogP contribution is -2.21. The van der Waals surface area contributed by atoms with Gasteiger partial charge in [0.2, 0.25) is 5.76 Å². The zero-order valence-electron chi connectivity index (χ0n) is 12.5. The molecule has 1 aromatic heterocycles. The van der Waals surface area contributed by atoms with Gasteiger partial charge in [-0.25, -0.2) is 4.79 Å². The number of benzene rings is 1. The van der Waals surface area contributed by atoms with Crippen molar-refractivity contribution in [1.29, 1.82) is 0 Å². The summed E-state index contributed by atoms with van der Waals surface area (Å²) >= 11 is 0. The van der Waals surface area contributed by atoms with Crippen molar-refractivity contribution in [2.24, 2.45) is 0 Å². The zero-order valence-corrected chi connectivity index (χ0v) is 12.5. The van der Waals surface area contributed by atoms with E-state index in [2.05, 4.69) is 5.32 Å². The van der Waals surface area contributed by atoms with Crippen molar-refractivity contribution in [3.63, 3.8) is 0 Å². The van der Waals surface area contributed by atoms with E-state index in [9.17, 15) is 19.7 Å². The van der Waals surface area contributed by atoms with Crippen LogP contribution in [0.15, 0.2) is 34.9 Å². The molecule has 1 heterocycles. The largest absolute Gasteiger partial charge is 0.457 e. The van der Waals surface area contributed by atoms with Crippen LogP contribution in [0.1, 0.15) is 21.7 Å². The van der Waals surface area contributed by atoms with Crippen molar-refractivity contribution in [2.45, 2.75) is 13.8 Å². The van der Waals surface area contributed by atoms with E-state index >= 15 is 0 Å². The predicted molar refractivity (Wildman–Crippen MR) is 80.2 cm³/mol. The fourth-order valence-electron chi connectivity index (χ4n) is 1.84. The molecule has 1 aromatic carbocycles. The molecule has 2 rings (SSSR count). The van der Waals surface area contributed by atoms with Gasteiger partial charge in [0.1, 0.15) is 5.69 Å². The average Bonchev–Trinajstić information content (AvgIpc) is 3.02. The third-order valence-corrected chi connectivity index (χ3v) is 3.14. The molecule has 1 amide bonds. The first-order valence-corrected chi connectivity index (χ1v) is 6.64. The zero-order chi connectivity index (χ0) is 17.0. The van der Waals surface area contributed by atoms with Crippen molar-refractivity contribution in [3.05, 3.63) is 57.5 Å². The van der Waals surface area contributed by atoms with Gasteiger partial charge in [-0.15, -0.1) is 0 Å². The van der Waals surface area contributed by atoms with Gasteiger partial charge in [0.25, 0.3) is 11.6 Å². The summed E-state index contributed by atoms with van der Waals surface area (Å²) in [6.07, 6.45) is 1.30. The van der Waals surface area contributed by atoms with Crippen molar-refractivity contribution in [1.82, 2.24) is 0 Å². The highest BCUT2D eigenvalue weighted by molar-refractivity contribution is 5.96. The quantitative estimate of drug-likeness (QED) is 0.515. The summed E-state index contributed by atoms with van der Waals surface area (Å²) in [6.45, 7) is 2.92. The molecule has 8 heteroatoms. The molecule has 0 saturated heterocycles. The first-order chi connectivity index (χ1) is 10.9. The Morgan fingerprint density at radius 2 is 2.00 bits per heavy atom. The van der Waals surface area contributed by atoms with Crippen LogP contribution in [0.5, 0.6) is 0 Å². The maximum Gasteiger partial charge on any atom is 0.374 e. The van der Waals surface area contributed by atoms with Crippen molar-refractivity contribution < 1.29 is 23.7 Å². The van der Waals surface area contributed by atoms with E-state index < -0.39 is 23.4 Å². The fourth-order valence-corrected chi connectivity index (χ4v) is 1.84. The number of ether oxygens (including phenoxy) is 1. The summed E-state index contributed by atoms with van der Waals surface area (Å²) in [6, 6.07) is 5.78. The monoisotopic (exact) mass is 318 g/mol. The van der Waals surface area contributed by atoms with E-state index in [1.807, 2.05) is 0 Å². The number of furan rings is 1. The molecule has 0 radical (unpaired) electrons. The van der Waals surface area contributed by atoms with Gasteiger partial charge >= 0.3 is 5.97 Å². The molecular formula is C15H14N2O6. The van der Waals surface area contributed by atoms with Crippen LogP contribution >= 0.6 is 0 Å². The number of amides is 1. The third kappa shape index (κ3) is 3.94. The minimum Gasteiger partial charge on any atom is -0.457 e. The number of anilines is 1. The van der Waals surface area contributed by atoms with E-state index in [1.54, 1.807) is 13.8 Å². The van der Waals surface area contributed by atoms with E-state index in [-0.39, 0.29) is 17.1 Å². The lowest BCUT2D eigenvalue weighted by atomic mass is 10.1. The number of nitro benzene ring substituents is 1. The van der Waals surface area contributed by atoms with Crippen molar-refractivity contribution >= 4 is 23.3 Å². The minimum atomic E-state index is -0.792. The Bertz CT molecular complexity index is 752. The van der Waals surface area contributed by atoms with Gasteiger partial charge in [0, 0.05) is 6.07 Å². The topological polar surface area (TPSA) is 112 Å². The predicted octanol–water partition coefficient (Wildman–Crippen LogP) is 2.60. The summed E-state index contributed by atoms with van der Waals surface area (Å²) in [5.74, 6) is -1.51. The van der Waals surface area contributed by atoms with Crippen LogP contribution in [-0.4, -0.2) is 23.4 Å². The first kappa shape index (κ1) is 16.2. The third-order valence-electron chi connectivity index (χ3n) is 3.14. The Hall–Kier alpha value is -3.16. The summed E-state index contributed by atoms with van der Waals surface area (Å²) < 4.78 is 9.59. The molecule has 0 aliphatic carbocycles. The Morgan fingerprint density at radius 1 is 1.30 bits per heavy atom. The molecule has 120 valence electrons. The molecule has 8 nitrogen and oxygen atoms in total. The molecule has 0 unspecified atom stereocenters. The lowest BCUT2D eigenvalue weighted by Gasteiger charge is -2.09. The molecule has 0 bridgehead atoms. The first-order valence-electron chi connectivity index (χ1n) is 6.64. The number of esters is 1. The van der Waals surface area contributed by atoms with Crippen LogP contribution in [0.4, 0.5) is 11.4 Å². The highest BCUT2D eigenvalue weighted by Gasteiger charge is 2.19. The number of carbonyl (C=O) groups is 2. The van der Waals surface area contributed by atoms with Crippen molar-refractivity contribution in [2.75, 3.05) is 11.9 Å². The number of hydrogen-bond acceptors (Lipinski definition) is 6. The number of carbonyl (C=O) groups excluding carboxylic acids is 2. The molecule has 1 N–H and O–H groups in total. The number of rotatable bonds is 5. The molecule has 0 aliphatic heterocycles. The van der Waals surface area contributed by atoms with E-state index in [1.165, 1.54) is 30.5 Å². The molecule has 0 spiro atoms. The van der Waals surface area contributed by atoms with Gasteiger partial charge in [0.15, 0.2) is 6.61 Å². The van der Waals surface area contributed by atoms with Crippen molar-refractivity contribution in [3.8, 4) is 0 Å². The highest BCUT2D eigenvalue weighted by Crippen LogP contribution is 2.27. The van der Waals surface area contributed by atoms with Crippen LogP contribution in [0.3, 0.4) is 0 Å². The van der Waals surface area contributed by atoms with Crippen LogP contribution in [0.2, 0.25) is 0 Å². The Labute approximate surface area is 131 Å². The van der Waals surface area contributed by atoms with Crippen LogP contribution < -0.4 is 5.32 Å². The second-order valence-electron chi connectivity index (χ2n) is 4.81. The second-order valence-corrected chi connectivity index (χ2v) is 4.81. The summed E-state index contributed by atoms with van der Waals surface area (Å²) in [5, 5.41) is 13.4. The Balaban J connectivity index is 2.04. The Kier molecular flexibility index (Phi) is 4.75. The number of aryl methyl sites for hydroxylation is 2. The summed E-state index contributed by atoms with van der Waals surface area (Å²) in [7, 11) is 0. The van der Waals surface area contributed by atoms with Gasteiger partial charge in [-0.1, -0.05) is 0 Å². The normalized spacial score (nSPS) is 10.2. The van der Waals surface area contributed by atoms with Crippen LogP contribution in [-0.2, 0) is 9.53 Å². The van der Waals surface area contributed by atoms with Gasteiger partial charge in [-0.2, -0.15) is 0 Å². The maximum atomic E-state index is 11.8. The van der Waals surface area contributed by atoms with E-state index in [0.29, 0.717) is 0 Å². The highest BCUT2D eigenvalue weighted by atomic mass is 16.6. The molecule has 2 aromatic rings. The van der Waals surface area contributed by atoms with Gasteiger partial charge < -0.3 is 14.5 Å². The lowest BCUT2D eigenvalue weighted by molar-refractivity contribution is -0.384. The van der Waals surface area contributed by atoms with Gasteiger partial charge in [0.05, 0.1) is 11.2 Å². The summed E-state index contributed by atoms with van der Waals surface area (Å²) in [4.78, 5) is 33.8.